The van der Waals surface area contributed by atoms with Crippen LogP contribution in [0.25, 0.3) is 11.0 Å². The number of fused-ring (bicyclic) bond motifs is 2. The predicted molar refractivity (Wildman–Crippen MR) is 84.0 cm³/mol. The zero-order chi connectivity index (χ0) is 16.1. The minimum atomic E-state index is -0.626. The number of imidazole rings is 1. The fourth-order valence-corrected chi connectivity index (χ4v) is 3.57. The van der Waals surface area contributed by atoms with E-state index in [1.165, 1.54) is 10.1 Å². The molecule has 1 saturated heterocycles. The van der Waals surface area contributed by atoms with E-state index in [1.54, 1.807) is 11.6 Å². The fraction of sp³-hybridized carbons (Fsp3) is 0.438. The Hall–Kier alpha value is -2.41. The minimum Gasteiger partial charge on any atom is -0.312 e. The molecule has 7 nitrogen and oxygen atoms in total. The Bertz CT molecular complexity index is 893. The third-order valence-electron chi connectivity index (χ3n) is 4.82. The number of aromatic nitrogens is 2. The van der Waals surface area contributed by atoms with E-state index in [0.29, 0.717) is 6.42 Å². The number of amides is 2. The topological polar surface area (TPSA) is 85.1 Å². The molecule has 1 unspecified atom stereocenters. The molecule has 120 valence electrons. The largest absolute Gasteiger partial charge is 0.329 e. The Morgan fingerprint density at radius 3 is 2.65 bits per heavy atom. The summed E-state index contributed by atoms with van der Waals surface area (Å²) >= 11 is 0. The zero-order valence-electron chi connectivity index (χ0n) is 12.9. The smallest absolute Gasteiger partial charge is 0.312 e. The van der Waals surface area contributed by atoms with Crippen LogP contribution in [0, 0.1) is 0 Å². The van der Waals surface area contributed by atoms with Crippen molar-refractivity contribution >= 4 is 22.8 Å². The van der Waals surface area contributed by atoms with E-state index in [-0.39, 0.29) is 18.0 Å². The number of piperidine rings is 1. The van der Waals surface area contributed by atoms with Crippen LogP contribution < -0.4 is 16.3 Å². The molecule has 1 aromatic carbocycles. The minimum absolute atomic E-state index is 0.218. The van der Waals surface area contributed by atoms with Gasteiger partial charge in [-0.3, -0.25) is 24.0 Å². The van der Waals surface area contributed by atoms with Crippen LogP contribution >= 0.6 is 0 Å². The SMILES string of the molecule is Cn1c(=O)n(C2CCC(=O)NC2=O)c2cc3c(cc21)CCNC3. The highest BCUT2D eigenvalue weighted by molar-refractivity contribution is 6.00. The Labute approximate surface area is 132 Å². The summed E-state index contributed by atoms with van der Waals surface area (Å²) in [6, 6.07) is 3.43. The average molecular weight is 314 g/mol. The standard InChI is InChI=1S/C16H18N4O3/c1-19-12-6-9-4-5-17-8-10(9)7-13(12)20(16(19)23)11-2-3-14(21)18-15(11)22/h6-7,11,17H,2-5,8H2,1H3,(H,18,21,22). The molecule has 0 radical (unpaired) electrons. The molecule has 0 bridgehead atoms. The average Bonchev–Trinajstić information content (AvgIpc) is 2.77. The molecular formula is C16H18N4O3. The second-order valence-corrected chi connectivity index (χ2v) is 6.21. The number of hydrogen-bond acceptors (Lipinski definition) is 4. The van der Waals surface area contributed by atoms with Crippen molar-refractivity contribution in [1.82, 2.24) is 19.8 Å². The first-order valence-corrected chi connectivity index (χ1v) is 7.83. The van der Waals surface area contributed by atoms with Crippen molar-refractivity contribution in [2.75, 3.05) is 6.54 Å². The van der Waals surface area contributed by atoms with E-state index in [0.717, 1.165) is 36.1 Å². The molecule has 2 aromatic rings. The highest BCUT2D eigenvalue weighted by Crippen LogP contribution is 2.26. The van der Waals surface area contributed by atoms with Gasteiger partial charge in [0.25, 0.3) is 0 Å². The van der Waals surface area contributed by atoms with Crippen molar-refractivity contribution < 1.29 is 9.59 Å². The van der Waals surface area contributed by atoms with Crippen LogP contribution in [0.5, 0.6) is 0 Å². The third kappa shape index (κ3) is 2.11. The number of imide groups is 1. The Kier molecular flexibility index (Phi) is 3.12. The maximum Gasteiger partial charge on any atom is 0.329 e. The van der Waals surface area contributed by atoms with Crippen LogP contribution in [0.2, 0.25) is 0 Å². The van der Waals surface area contributed by atoms with Crippen LogP contribution in [0.4, 0.5) is 0 Å². The fourth-order valence-electron chi connectivity index (χ4n) is 3.57. The maximum absolute atomic E-state index is 12.7. The lowest BCUT2D eigenvalue weighted by atomic mass is 9.99. The van der Waals surface area contributed by atoms with Gasteiger partial charge in [-0.15, -0.1) is 0 Å². The summed E-state index contributed by atoms with van der Waals surface area (Å²) in [6.07, 6.45) is 1.55. The van der Waals surface area contributed by atoms with Gasteiger partial charge >= 0.3 is 5.69 Å². The number of carbonyl (C=O) groups is 2. The summed E-state index contributed by atoms with van der Waals surface area (Å²) in [5.41, 5.74) is 3.78. The van der Waals surface area contributed by atoms with E-state index in [2.05, 4.69) is 16.7 Å². The number of carbonyl (C=O) groups excluding carboxylic acids is 2. The normalized spacial score (nSPS) is 21.3. The summed E-state index contributed by atoms with van der Waals surface area (Å²) in [4.78, 5) is 36.2. The molecule has 2 aliphatic heterocycles. The zero-order valence-corrected chi connectivity index (χ0v) is 12.9. The number of rotatable bonds is 1. The van der Waals surface area contributed by atoms with Crippen molar-refractivity contribution in [1.29, 1.82) is 0 Å². The van der Waals surface area contributed by atoms with Crippen molar-refractivity contribution in [3.8, 4) is 0 Å². The second-order valence-electron chi connectivity index (χ2n) is 6.21. The van der Waals surface area contributed by atoms with E-state index in [9.17, 15) is 14.4 Å². The van der Waals surface area contributed by atoms with Gasteiger partial charge in [0.15, 0.2) is 0 Å². The van der Waals surface area contributed by atoms with Crippen LogP contribution in [-0.2, 0) is 29.6 Å². The molecule has 3 heterocycles. The molecule has 1 aromatic heterocycles. The molecule has 1 fully saturated rings. The lowest BCUT2D eigenvalue weighted by molar-refractivity contribution is -0.135. The monoisotopic (exact) mass is 314 g/mol. The van der Waals surface area contributed by atoms with Gasteiger partial charge in [0.1, 0.15) is 6.04 Å². The van der Waals surface area contributed by atoms with Gasteiger partial charge in [0.2, 0.25) is 11.8 Å². The van der Waals surface area contributed by atoms with Crippen molar-refractivity contribution in [2.24, 2.45) is 7.05 Å². The Morgan fingerprint density at radius 2 is 1.87 bits per heavy atom. The van der Waals surface area contributed by atoms with Crippen LogP contribution in [0.15, 0.2) is 16.9 Å². The van der Waals surface area contributed by atoms with Crippen molar-refractivity contribution in [3.05, 3.63) is 33.7 Å². The first-order valence-electron chi connectivity index (χ1n) is 7.83. The molecular weight excluding hydrogens is 296 g/mol. The molecule has 2 amide bonds. The molecule has 0 spiro atoms. The van der Waals surface area contributed by atoms with Crippen molar-refractivity contribution in [2.45, 2.75) is 31.8 Å². The van der Waals surface area contributed by atoms with Gasteiger partial charge in [0, 0.05) is 20.0 Å². The quantitative estimate of drug-likeness (QED) is 0.724. The highest BCUT2D eigenvalue weighted by atomic mass is 16.2. The van der Waals surface area contributed by atoms with Gasteiger partial charge in [-0.25, -0.2) is 4.79 Å². The molecule has 0 aliphatic carbocycles. The number of aryl methyl sites for hydroxylation is 1. The number of nitrogens with one attached hydrogen (secondary N) is 2. The van der Waals surface area contributed by atoms with Crippen molar-refractivity contribution in [3.63, 3.8) is 0 Å². The summed E-state index contributed by atoms with van der Waals surface area (Å²) in [7, 11) is 1.72. The van der Waals surface area contributed by atoms with Gasteiger partial charge in [-0.05, 0) is 42.6 Å². The molecule has 7 heteroatoms. The van der Waals surface area contributed by atoms with Gasteiger partial charge in [0.05, 0.1) is 11.0 Å². The number of nitrogens with zero attached hydrogens (tertiary/aromatic N) is 2. The molecule has 2 N–H and O–H groups in total. The van der Waals surface area contributed by atoms with Crippen LogP contribution in [0.1, 0.15) is 30.0 Å². The van der Waals surface area contributed by atoms with E-state index < -0.39 is 11.9 Å². The van der Waals surface area contributed by atoms with Gasteiger partial charge in [-0.1, -0.05) is 0 Å². The Balaban J connectivity index is 1.92. The van der Waals surface area contributed by atoms with Gasteiger partial charge in [-0.2, -0.15) is 0 Å². The lowest BCUT2D eigenvalue weighted by Crippen LogP contribution is -2.44. The summed E-state index contributed by atoms with van der Waals surface area (Å²) < 4.78 is 3.12. The predicted octanol–water partition coefficient (Wildman–Crippen LogP) is -0.0366. The summed E-state index contributed by atoms with van der Waals surface area (Å²) in [5.74, 6) is -0.673. The molecule has 4 rings (SSSR count). The maximum atomic E-state index is 12.7. The molecule has 0 saturated carbocycles. The first-order chi connectivity index (χ1) is 11.1. The van der Waals surface area contributed by atoms with E-state index in [1.807, 2.05) is 6.07 Å². The summed E-state index contributed by atoms with van der Waals surface area (Å²) in [6.45, 7) is 1.70. The molecule has 2 aliphatic rings. The highest BCUT2D eigenvalue weighted by Gasteiger charge is 2.31. The van der Waals surface area contributed by atoms with E-state index >= 15 is 0 Å². The van der Waals surface area contributed by atoms with Gasteiger partial charge < -0.3 is 5.32 Å². The second kappa shape index (κ2) is 5.06. The van der Waals surface area contributed by atoms with Crippen LogP contribution in [-0.4, -0.2) is 27.5 Å². The Morgan fingerprint density at radius 1 is 1.09 bits per heavy atom. The number of hydrogen-bond donors (Lipinski definition) is 2. The molecule has 1 atom stereocenters. The molecule has 23 heavy (non-hydrogen) atoms. The third-order valence-corrected chi connectivity index (χ3v) is 4.82. The van der Waals surface area contributed by atoms with Crippen LogP contribution in [0.3, 0.4) is 0 Å². The first kappa shape index (κ1) is 14.2. The summed E-state index contributed by atoms with van der Waals surface area (Å²) in [5, 5.41) is 5.65. The number of benzene rings is 1. The van der Waals surface area contributed by atoms with E-state index in [4.69, 9.17) is 0 Å². The lowest BCUT2D eigenvalue weighted by Gasteiger charge is -2.22.